The van der Waals surface area contributed by atoms with Crippen molar-refractivity contribution in [3.63, 3.8) is 0 Å². The van der Waals surface area contributed by atoms with Crippen molar-refractivity contribution < 1.29 is 15.0 Å². The number of aliphatic carboxylic acids is 1. The molecule has 0 aromatic heterocycles. The molecular formula is C17H23NO3. The summed E-state index contributed by atoms with van der Waals surface area (Å²) >= 11 is 0. The Hall–Kier alpha value is -1.39. The van der Waals surface area contributed by atoms with Crippen LogP contribution in [0.2, 0.25) is 0 Å². The fraction of sp³-hybridized carbons (Fsp3) is 0.588. The second kappa shape index (κ2) is 5.78. The summed E-state index contributed by atoms with van der Waals surface area (Å²) < 4.78 is 0. The number of carbonyl (C=O) groups is 1. The van der Waals surface area contributed by atoms with Crippen LogP contribution in [0.15, 0.2) is 24.3 Å². The summed E-state index contributed by atoms with van der Waals surface area (Å²) in [5.41, 5.74) is 2.00. The number of carboxylic acids is 1. The molecule has 0 spiro atoms. The molecule has 114 valence electrons. The van der Waals surface area contributed by atoms with Gasteiger partial charge in [0.05, 0.1) is 11.5 Å². The highest BCUT2D eigenvalue weighted by atomic mass is 16.4. The maximum Gasteiger partial charge on any atom is 0.306 e. The van der Waals surface area contributed by atoms with Crippen molar-refractivity contribution in [3.05, 3.63) is 35.4 Å². The number of carboxylic acid groups (broad SMARTS) is 1. The number of hydrogen-bond acceptors (Lipinski definition) is 3. The van der Waals surface area contributed by atoms with E-state index in [9.17, 15) is 9.90 Å². The molecule has 4 heteroatoms. The highest BCUT2D eigenvalue weighted by Gasteiger charge is 2.36. The molecule has 0 heterocycles. The topological polar surface area (TPSA) is 69.6 Å². The minimum atomic E-state index is -0.747. The van der Waals surface area contributed by atoms with Crippen LogP contribution >= 0.6 is 0 Å². The van der Waals surface area contributed by atoms with E-state index < -0.39 is 11.6 Å². The van der Waals surface area contributed by atoms with E-state index >= 15 is 0 Å². The van der Waals surface area contributed by atoms with Gasteiger partial charge >= 0.3 is 5.97 Å². The molecule has 0 bridgehead atoms. The first kappa shape index (κ1) is 14.5. The zero-order chi connectivity index (χ0) is 14.9. The highest BCUT2D eigenvalue weighted by Crippen LogP contribution is 2.34. The largest absolute Gasteiger partial charge is 0.481 e. The number of nitrogens with one attached hydrogen (secondary N) is 1. The van der Waals surface area contributed by atoms with E-state index in [4.69, 9.17) is 5.11 Å². The first-order valence-electron chi connectivity index (χ1n) is 7.84. The molecule has 1 atom stereocenters. The van der Waals surface area contributed by atoms with Gasteiger partial charge in [-0.15, -0.1) is 0 Å². The van der Waals surface area contributed by atoms with Crippen LogP contribution in [0, 0.1) is 5.92 Å². The monoisotopic (exact) mass is 289 g/mol. The first-order chi connectivity index (χ1) is 10.1. The summed E-state index contributed by atoms with van der Waals surface area (Å²) in [6, 6.07) is 8.78. The van der Waals surface area contributed by atoms with Crippen molar-refractivity contribution in [1.29, 1.82) is 0 Å². The van der Waals surface area contributed by atoms with Crippen molar-refractivity contribution in [2.24, 2.45) is 5.92 Å². The Morgan fingerprint density at radius 2 is 1.95 bits per heavy atom. The number of aryl methyl sites for hydroxylation is 1. The van der Waals surface area contributed by atoms with Crippen LogP contribution in [-0.2, 0) is 11.2 Å². The Labute approximate surface area is 125 Å². The van der Waals surface area contributed by atoms with E-state index in [1.165, 1.54) is 11.1 Å². The summed E-state index contributed by atoms with van der Waals surface area (Å²) in [5, 5.41) is 23.1. The summed E-state index contributed by atoms with van der Waals surface area (Å²) in [5.74, 6) is -1.01. The van der Waals surface area contributed by atoms with Gasteiger partial charge in [-0.25, -0.2) is 0 Å². The highest BCUT2D eigenvalue weighted by molar-refractivity contribution is 5.70. The Morgan fingerprint density at radius 3 is 2.67 bits per heavy atom. The molecule has 0 aliphatic heterocycles. The number of benzene rings is 1. The molecule has 1 saturated carbocycles. The molecule has 0 amide bonds. The van der Waals surface area contributed by atoms with Crippen molar-refractivity contribution in [2.75, 3.05) is 6.54 Å². The van der Waals surface area contributed by atoms with Gasteiger partial charge in [-0.2, -0.15) is 0 Å². The van der Waals surface area contributed by atoms with E-state index in [-0.39, 0.29) is 5.92 Å². The Bertz CT molecular complexity index is 521. The molecular weight excluding hydrogens is 266 g/mol. The van der Waals surface area contributed by atoms with Crippen LogP contribution < -0.4 is 5.32 Å². The fourth-order valence-corrected chi connectivity index (χ4v) is 3.66. The van der Waals surface area contributed by atoms with E-state index in [1.54, 1.807) is 0 Å². The van der Waals surface area contributed by atoms with Gasteiger partial charge < -0.3 is 15.5 Å². The lowest BCUT2D eigenvalue weighted by molar-refractivity contribution is -0.144. The van der Waals surface area contributed by atoms with Crippen LogP contribution in [0.5, 0.6) is 0 Å². The van der Waals surface area contributed by atoms with Gasteiger partial charge in [0.15, 0.2) is 0 Å². The summed E-state index contributed by atoms with van der Waals surface area (Å²) in [6.07, 6.45) is 4.47. The van der Waals surface area contributed by atoms with Gasteiger partial charge in [-0.05, 0) is 49.7 Å². The molecule has 1 aromatic carbocycles. The van der Waals surface area contributed by atoms with Crippen LogP contribution in [0.25, 0.3) is 0 Å². The van der Waals surface area contributed by atoms with Crippen molar-refractivity contribution in [2.45, 2.75) is 50.2 Å². The van der Waals surface area contributed by atoms with Gasteiger partial charge in [-0.1, -0.05) is 24.3 Å². The quantitative estimate of drug-likeness (QED) is 0.795. The van der Waals surface area contributed by atoms with Gasteiger partial charge in [0.1, 0.15) is 0 Å². The van der Waals surface area contributed by atoms with Gasteiger partial charge in [0.25, 0.3) is 0 Å². The Kier molecular flexibility index (Phi) is 4.00. The summed E-state index contributed by atoms with van der Waals surface area (Å²) in [6.45, 7) is 0.554. The second-order valence-electron chi connectivity index (χ2n) is 6.51. The molecule has 3 N–H and O–H groups in total. The number of hydrogen-bond donors (Lipinski definition) is 3. The first-order valence-corrected chi connectivity index (χ1v) is 7.84. The van der Waals surface area contributed by atoms with Crippen LogP contribution in [0.1, 0.15) is 49.3 Å². The van der Waals surface area contributed by atoms with Crippen LogP contribution in [0.4, 0.5) is 0 Å². The molecule has 2 aliphatic carbocycles. The summed E-state index contributed by atoms with van der Waals surface area (Å²) in [4.78, 5) is 11.0. The minimum Gasteiger partial charge on any atom is -0.481 e. The number of aliphatic hydroxyl groups is 1. The number of rotatable bonds is 4. The van der Waals surface area contributed by atoms with E-state index in [0.29, 0.717) is 38.3 Å². The maximum absolute atomic E-state index is 11.0. The van der Waals surface area contributed by atoms with Crippen molar-refractivity contribution in [1.82, 2.24) is 5.32 Å². The van der Waals surface area contributed by atoms with E-state index in [0.717, 1.165) is 12.8 Å². The third kappa shape index (κ3) is 3.11. The molecule has 2 aliphatic rings. The number of fused-ring (bicyclic) bond motifs is 1. The molecule has 21 heavy (non-hydrogen) atoms. The fourth-order valence-electron chi connectivity index (χ4n) is 3.66. The molecule has 0 saturated heterocycles. The van der Waals surface area contributed by atoms with Crippen molar-refractivity contribution >= 4 is 5.97 Å². The predicted octanol–water partition coefficient (Wildman–Crippen LogP) is 2.27. The Balaban J connectivity index is 1.55. The molecule has 1 unspecified atom stereocenters. The normalized spacial score (nSPS) is 31.9. The second-order valence-corrected chi connectivity index (χ2v) is 6.51. The van der Waals surface area contributed by atoms with Gasteiger partial charge in [0, 0.05) is 12.6 Å². The van der Waals surface area contributed by atoms with Gasteiger partial charge in [0.2, 0.25) is 0 Å². The third-order valence-electron chi connectivity index (χ3n) is 5.08. The SMILES string of the molecule is O=C(O)C1CCC(O)(CNC2CCc3ccccc32)CC1. The predicted molar refractivity (Wildman–Crippen MR) is 80.1 cm³/mol. The van der Waals surface area contributed by atoms with Crippen molar-refractivity contribution in [3.8, 4) is 0 Å². The van der Waals surface area contributed by atoms with Crippen LogP contribution in [-0.4, -0.2) is 28.3 Å². The standard InChI is InChI=1S/C17H23NO3/c19-16(20)13-7-9-17(21,10-8-13)11-18-15-6-5-12-3-1-2-4-14(12)15/h1-4,13,15,18,21H,5-11H2,(H,19,20). The lowest BCUT2D eigenvalue weighted by Crippen LogP contribution is -2.45. The van der Waals surface area contributed by atoms with E-state index in [1.807, 2.05) is 0 Å². The molecule has 3 rings (SSSR count). The summed E-state index contributed by atoms with van der Waals surface area (Å²) in [7, 11) is 0. The van der Waals surface area contributed by atoms with E-state index in [2.05, 4.69) is 29.6 Å². The molecule has 1 aromatic rings. The zero-order valence-corrected chi connectivity index (χ0v) is 12.2. The van der Waals surface area contributed by atoms with Crippen LogP contribution in [0.3, 0.4) is 0 Å². The average molecular weight is 289 g/mol. The lowest BCUT2D eigenvalue weighted by Gasteiger charge is -2.35. The third-order valence-corrected chi connectivity index (χ3v) is 5.08. The zero-order valence-electron chi connectivity index (χ0n) is 12.2. The van der Waals surface area contributed by atoms with Gasteiger partial charge in [-0.3, -0.25) is 4.79 Å². The minimum absolute atomic E-state index is 0.280. The molecule has 0 radical (unpaired) electrons. The maximum atomic E-state index is 11.0. The Morgan fingerprint density at radius 1 is 1.24 bits per heavy atom. The smallest absolute Gasteiger partial charge is 0.306 e. The molecule has 4 nitrogen and oxygen atoms in total. The average Bonchev–Trinajstić information content (AvgIpc) is 2.89. The lowest BCUT2D eigenvalue weighted by atomic mass is 9.78. The molecule has 1 fully saturated rings.